The number of anilines is 1. The lowest BCUT2D eigenvalue weighted by atomic mass is 10.1. The van der Waals surface area contributed by atoms with E-state index in [0.717, 1.165) is 43.0 Å². The summed E-state index contributed by atoms with van der Waals surface area (Å²) in [6, 6.07) is 13.5. The Hall–Kier alpha value is -2.77. The van der Waals surface area contributed by atoms with Crippen LogP contribution in [0.5, 0.6) is 0 Å². The Balaban J connectivity index is 1.73. The van der Waals surface area contributed by atoms with E-state index in [0.29, 0.717) is 12.6 Å². The number of nitrogens with one attached hydrogen (secondary N) is 2. The third-order valence-electron chi connectivity index (χ3n) is 5.36. The molecule has 0 saturated heterocycles. The third kappa shape index (κ3) is 5.40. The van der Waals surface area contributed by atoms with Crippen molar-refractivity contribution in [3.8, 4) is 11.8 Å². The predicted octanol–water partition coefficient (Wildman–Crippen LogP) is 5.11. The molecule has 0 bridgehead atoms. The second-order valence-electron chi connectivity index (χ2n) is 7.40. The zero-order valence-corrected chi connectivity index (χ0v) is 18.0. The number of hydrogen-bond acceptors (Lipinski definition) is 3. The average molecular weight is 389 g/mol. The van der Waals surface area contributed by atoms with Gasteiger partial charge in [-0.2, -0.15) is 0 Å². The zero-order chi connectivity index (χ0) is 20.6. The van der Waals surface area contributed by atoms with Gasteiger partial charge in [-0.3, -0.25) is 4.98 Å². The van der Waals surface area contributed by atoms with Gasteiger partial charge in [0.15, 0.2) is 0 Å². The molecule has 0 atom stereocenters. The molecule has 2 heterocycles. The number of aromatic nitrogens is 2. The largest absolute Gasteiger partial charge is 0.374 e. The summed E-state index contributed by atoms with van der Waals surface area (Å²) in [6.07, 6.45) is 4.14. The molecule has 2 aromatic heterocycles. The van der Waals surface area contributed by atoms with Crippen molar-refractivity contribution >= 4 is 16.6 Å². The van der Waals surface area contributed by atoms with E-state index in [1.165, 1.54) is 16.5 Å². The molecular weight excluding hydrogens is 356 g/mol. The highest BCUT2D eigenvalue weighted by Gasteiger charge is 2.08. The molecule has 0 amide bonds. The Bertz CT molecular complexity index is 1000. The summed E-state index contributed by atoms with van der Waals surface area (Å²) in [4.78, 5) is 4.22. The quantitative estimate of drug-likeness (QED) is 0.527. The fourth-order valence-corrected chi connectivity index (χ4v) is 3.65. The van der Waals surface area contributed by atoms with Gasteiger partial charge in [0.1, 0.15) is 0 Å². The Kier molecular flexibility index (Phi) is 7.32. The number of rotatable bonds is 8. The van der Waals surface area contributed by atoms with E-state index in [1.54, 1.807) is 0 Å². The highest BCUT2D eigenvalue weighted by molar-refractivity contribution is 5.83. The minimum atomic E-state index is 0.587. The van der Waals surface area contributed by atoms with Crippen LogP contribution in [-0.4, -0.2) is 22.1 Å². The summed E-state index contributed by atoms with van der Waals surface area (Å²) >= 11 is 0. The third-order valence-corrected chi connectivity index (χ3v) is 5.36. The van der Waals surface area contributed by atoms with Crippen LogP contribution in [0.15, 0.2) is 42.6 Å². The normalized spacial score (nSPS) is 10.9. The Morgan fingerprint density at radius 2 is 1.90 bits per heavy atom. The van der Waals surface area contributed by atoms with Crippen LogP contribution >= 0.6 is 0 Å². The molecule has 4 heteroatoms. The van der Waals surface area contributed by atoms with Crippen molar-refractivity contribution in [2.75, 3.05) is 11.9 Å². The van der Waals surface area contributed by atoms with Crippen LogP contribution in [0, 0.1) is 18.8 Å². The molecule has 4 nitrogen and oxygen atoms in total. The van der Waals surface area contributed by atoms with Crippen LogP contribution in [0.1, 0.15) is 50.6 Å². The lowest BCUT2D eigenvalue weighted by molar-refractivity contribution is 0.484. The van der Waals surface area contributed by atoms with Gasteiger partial charge in [0.05, 0.1) is 12.2 Å². The summed E-state index contributed by atoms with van der Waals surface area (Å²) in [5, 5.41) is 8.25. The van der Waals surface area contributed by atoms with Crippen LogP contribution in [0.2, 0.25) is 0 Å². The van der Waals surface area contributed by atoms with Gasteiger partial charge >= 0.3 is 0 Å². The van der Waals surface area contributed by atoms with Gasteiger partial charge in [0, 0.05) is 47.6 Å². The van der Waals surface area contributed by atoms with E-state index < -0.39 is 0 Å². The van der Waals surface area contributed by atoms with Gasteiger partial charge in [-0.25, -0.2) is 0 Å². The van der Waals surface area contributed by atoms with Crippen LogP contribution in [0.4, 0.5) is 5.69 Å². The SMILES string of the molecule is CCC(CC)NCc1ccc2c(c1)cc(C#CCNc1ccnc(C)c1)n2CC. The molecule has 0 saturated carbocycles. The minimum Gasteiger partial charge on any atom is -0.374 e. The summed E-state index contributed by atoms with van der Waals surface area (Å²) < 4.78 is 2.29. The van der Waals surface area contributed by atoms with Gasteiger partial charge in [0.25, 0.3) is 0 Å². The van der Waals surface area contributed by atoms with Gasteiger partial charge < -0.3 is 15.2 Å². The van der Waals surface area contributed by atoms with Crippen LogP contribution in [0.25, 0.3) is 10.9 Å². The van der Waals surface area contributed by atoms with Crippen LogP contribution < -0.4 is 10.6 Å². The predicted molar refractivity (Wildman–Crippen MR) is 123 cm³/mol. The highest BCUT2D eigenvalue weighted by Crippen LogP contribution is 2.21. The molecule has 0 fully saturated rings. The van der Waals surface area contributed by atoms with Gasteiger partial charge in [-0.15, -0.1) is 0 Å². The lowest BCUT2D eigenvalue weighted by Gasteiger charge is -2.14. The number of pyridine rings is 1. The average Bonchev–Trinajstić information content (AvgIpc) is 3.08. The summed E-state index contributed by atoms with van der Waals surface area (Å²) in [5.41, 5.74) is 5.70. The molecular formula is C25H32N4. The maximum absolute atomic E-state index is 4.22. The molecule has 1 aromatic carbocycles. The molecule has 0 spiro atoms. The van der Waals surface area contributed by atoms with Crippen molar-refractivity contribution in [3.63, 3.8) is 0 Å². The molecule has 3 aromatic rings. The fourth-order valence-electron chi connectivity index (χ4n) is 3.65. The number of fused-ring (bicyclic) bond motifs is 1. The smallest absolute Gasteiger partial charge is 0.0931 e. The molecule has 0 aliphatic carbocycles. The van der Waals surface area contributed by atoms with Crippen molar-refractivity contribution in [1.82, 2.24) is 14.9 Å². The maximum atomic E-state index is 4.22. The van der Waals surface area contributed by atoms with Crippen molar-refractivity contribution in [2.45, 2.75) is 59.7 Å². The van der Waals surface area contributed by atoms with E-state index in [-0.39, 0.29) is 0 Å². The summed E-state index contributed by atoms with van der Waals surface area (Å²) in [7, 11) is 0. The van der Waals surface area contributed by atoms with Crippen LogP contribution in [0.3, 0.4) is 0 Å². The first-order valence-corrected chi connectivity index (χ1v) is 10.7. The zero-order valence-electron chi connectivity index (χ0n) is 18.0. The first-order valence-electron chi connectivity index (χ1n) is 10.7. The maximum Gasteiger partial charge on any atom is 0.0931 e. The second kappa shape index (κ2) is 10.1. The highest BCUT2D eigenvalue weighted by atomic mass is 15.0. The van der Waals surface area contributed by atoms with E-state index in [2.05, 4.69) is 77.1 Å². The molecule has 0 radical (unpaired) electrons. The van der Waals surface area contributed by atoms with Crippen molar-refractivity contribution in [3.05, 3.63) is 59.5 Å². The Morgan fingerprint density at radius 1 is 1.07 bits per heavy atom. The molecule has 0 aliphatic heterocycles. The number of aryl methyl sites for hydroxylation is 2. The second-order valence-corrected chi connectivity index (χ2v) is 7.40. The van der Waals surface area contributed by atoms with E-state index in [4.69, 9.17) is 0 Å². The fraction of sp³-hybridized carbons (Fsp3) is 0.400. The first-order chi connectivity index (χ1) is 14.1. The number of nitrogens with zero attached hydrogens (tertiary/aromatic N) is 2. The molecule has 0 unspecified atom stereocenters. The first kappa shape index (κ1) is 21.0. The summed E-state index contributed by atoms with van der Waals surface area (Å²) in [5.74, 6) is 6.61. The Labute approximate surface area is 174 Å². The van der Waals surface area contributed by atoms with Crippen LogP contribution in [-0.2, 0) is 13.1 Å². The molecule has 29 heavy (non-hydrogen) atoms. The van der Waals surface area contributed by atoms with Crippen molar-refractivity contribution in [1.29, 1.82) is 0 Å². The lowest BCUT2D eigenvalue weighted by Crippen LogP contribution is -2.26. The standard InChI is InChI=1S/C25H32N4/c1-5-22(6-2)28-18-20-10-11-25-21(16-20)17-24(29(25)7-3)9-8-13-27-23-12-14-26-19(4)15-23/h10-12,14-17,22,28H,5-7,13,18H2,1-4H3,(H,26,27). The summed E-state index contributed by atoms with van der Waals surface area (Å²) in [6.45, 7) is 11.1. The topological polar surface area (TPSA) is 41.9 Å². The monoisotopic (exact) mass is 388 g/mol. The minimum absolute atomic E-state index is 0.587. The van der Waals surface area contributed by atoms with Crippen molar-refractivity contribution in [2.24, 2.45) is 0 Å². The van der Waals surface area contributed by atoms with E-state index >= 15 is 0 Å². The molecule has 3 rings (SSSR count). The molecule has 152 valence electrons. The van der Waals surface area contributed by atoms with Gasteiger partial charge in [-0.05, 0) is 68.5 Å². The van der Waals surface area contributed by atoms with Gasteiger partial charge in [-0.1, -0.05) is 25.8 Å². The number of benzene rings is 1. The van der Waals surface area contributed by atoms with Crippen molar-refractivity contribution < 1.29 is 0 Å². The molecule has 0 aliphatic rings. The van der Waals surface area contributed by atoms with E-state index in [9.17, 15) is 0 Å². The van der Waals surface area contributed by atoms with Gasteiger partial charge in [0.2, 0.25) is 0 Å². The van der Waals surface area contributed by atoms with E-state index in [1.807, 2.05) is 25.3 Å². The Morgan fingerprint density at radius 3 is 2.62 bits per heavy atom. The molecule has 2 N–H and O–H groups in total. The number of hydrogen-bond donors (Lipinski definition) is 2.